The molecule has 9 heteroatoms. The third kappa shape index (κ3) is 3.59. The summed E-state index contributed by atoms with van der Waals surface area (Å²) in [4.78, 5) is 6.55. The number of ether oxygens (including phenoxy) is 1. The van der Waals surface area contributed by atoms with Gasteiger partial charge in [-0.2, -0.15) is 15.0 Å². The van der Waals surface area contributed by atoms with E-state index in [1.165, 1.54) is 6.20 Å². The minimum atomic E-state index is 0.368. The lowest BCUT2D eigenvalue weighted by Crippen LogP contribution is -2.36. The molecule has 1 saturated heterocycles. The van der Waals surface area contributed by atoms with Crippen LogP contribution in [0.15, 0.2) is 30.5 Å². The lowest BCUT2D eigenvalue weighted by molar-refractivity contribution is 0.122. The third-order valence-electron chi connectivity index (χ3n) is 5.21. The minimum absolute atomic E-state index is 0.368. The second-order valence-corrected chi connectivity index (χ2v) is 7.46. The summed E-state index contributed by atoms with van der Waals surface area (Å²) in [6, 6.07) is 12.4. The van der Waals surface area contributed by atoms with E-state index in [9.17, 15) is 10.5 Å². The molecule has 0 unspecified atom stereocenters. The van der Waals surface area contributed by atoms with Gasteiger partial charge in [0.15, 0.2) is 17.2 Å². The zero-order valence-electron chi connectivity index (χ0n) is 16.3. The summed E-state index contributed by atoms with van der Waals surface area (Å²) < 4.78 is 6.98. The van der Waals surface area contributed by atoms with E-state index in [4.69, 9.17) is 4.74 Å². The van der Waals surface area contributed by atoms with Crippen molar-refractivity contribution in [1.82, 2.24) is 14.6 Å². The number of nitriles is 2. The van der Waals surface area contributed by atoms with Gasteiger partial charge in [-0.15, -0.1) is 5.10 Å². The van der Waals surface area contributed by atoms with Crippen LogP contribution in [0.5, 0.6) is 0 Å². The van der Waals surface area contributed by atoms with Gasteiger partial charge in [0, 0.05) is 36.6 Å². The van der Waals surface area contributed by atoms with Gasteiger partial charge in [0.2, 0.25) is 0 Å². The topological polar surface area (TPSA) is 114 Å². The van der Waals surface area contributed by atoms with Gasteiger partial charge >= 0.3 is 0 Å². The molecule has 2 aromatic heterocycles. The predicted molar refractivity (Wildman–Crippen MR) is 112 cm³/mol. The van der Waals surface area contributed by atoms with Crippen molar-refractivity contribution in [3.63, 3.8) is 0 Å². The Morgan fingerprint density at radius 1 is 1.07 bits per heavy atom. The van der Waals surface area contributed by atoms with Crippen molar-refractivity contribution in [2.45, 2.75) is 18.9 Å². The van der Waals surface area contributed by atoms with Gasteiger partial charge in [-0.25, -0.2) is 4.98 Å². The first-order valence-electron chi connectivity index (χ1n) is 9.94. The molecular formula is C21H20N8O. The first-order chi connectivity index (χ1) is 14.7. The highest BCUT2D eigenvalue weighted by atomic mass is 16.5. The molecule has 150 valence electrons. The molecule has 1 saturated carbocycles. The number of rotatable bonds is 5. The largest absolute Gasteiger partial charge is 0.379 e. The fourth-order valence-electron chi connectivity index (χ4n) is 3.56. The van der Waals surface area contributed by atoms with Crippen LogP contribution < -0.4 is 15.5 Å². The van der Waals surface area contributed by atoms with E-state index >= 15 is 0 Å². The summed E-state index contributed by atoms with van der Waals surface area (Å²) in [6.45, 7) is 2.92. The van der Waals surface area contributed by atoms with Crippen LogP contribution in [0.25, 0.3) is 5.65 Å². The monoisotopic (exact) mass is 400 g/mol. The van der Waals surface area contributed by atoms with Gasteiger partial charge in [-0.1, -0.05) is 0 Å². The van der Waals surface area contributed by atoms with E-state index in [0.717, 1.165) is 43.0 Å². The molecule has 3 heterocycles. The number of imidazole rings is 1. The number of hydrogen-bond acceptors (Lipinski definition) is 8. The van der Waals surface area contributed by atoms with Crippen molar-refractivity contribution in [2.75, 3.05) is 41.8 Å². The molecule has 0 spiro atoms. The zero-order valence-corrected chi connectivity index (χ0v) is 16.3. The first-order valence-corrected chi connectivity index (χ1v) is 9.94. The number of anilines is 4. The smallest absolute Gasteiger partial charge is 0.178 e. The van der Waals surface area contributed by atoms with Gasteiger partial charge in [-0.05, 0) is 31.0 Å². The number of morpholine rings is 1. The van der Waals surface area contributed by atoms with E-state index in [2.05, 4.69) is 37.8 Å². The summed E-state index contributed by atoms with van der Waals surface area (Å²) in [5.74, 6) is 0.572. The number of aromatic nitrogens is 3. The van der Waals surface area contributed by atoms with Crippen molar-refractivity contribution < 1.29 is 4.74 Å². The van der Waals surface area contributed by atoms with Crippen LogP contribution in [0.1, 0.15) is 24.1 Å². The van der Waals surface area contributed by atoms with Crippen LogP contribution in [-0.4, -0.2) is 46.9 Å². The quantitative estimate of drug-likeness (QED) is 0.672. The average Bonchev–Trinajstić information content (AvgIpc) is 3.50. The van der Waals surface area contributed by atoms with Crippen molar-refractivity contribution in [2.24, 2.45) is 0 Å². The molecule has 1 aliphatic carbocycles. The number of hydrogen-bond donors (Lipinski definition) is 2. The standard InChI is InChI=1S/C21H20N8O/c22-11-14-7-16(9-17(8-14)28-3-5-30-6-4-28)26-20-10-19(25-15-1-2-15)21-24-13-18(12-23)29(21)27-20/h7-10,13,15,25H,1-6H2,(H,26,27). The Balaban J connectivity index is 1.51. The van der Waals surface area contributed by atoms with Crippen LogP contribution in [0.4, 0.5) is 22.9 Å². The highest BCUT2D eigenvalue weighted by Crippen LogP contribution is 2.30. The summed E-state index contributed by atoms with van der Waals surface area (Å²) in [6.07, 6.45) is 3.77. The van der Waals surface area contributed by atoms with Crippen LogP contribution in [0, 0.1) is 22.7 Å². The molecule has 2 fully saturated rings. The van der Waals surface area contributed by atoms with Gasteiger partial charge in [0.1, 0.15) is 6.07 Å². The highest BCUT2D eigenvalue weighted by Gasteiger charge is 2.23. The van der Waals surface area contributed by atoms with Crippen LogP contribution in [0.2, 0.25) is 0 Å². The molecule has 0 atom stereocenters. The number of benzene rings is 1. The molecule has 1 aromatic carbocycles. The maximum Gasteiger partial charge on any atom is 0.178 e. The lowest BCUT2D eigenvalue weighted by atomic mass is 10.1. The minimum Gasteiger partial charge on any atom is -0.379 e. The second-order valence-electron chi connectivity index (χ2n) is 7.46. The summed E-state index contributed by atoms with van der Waals surface area (Å²) in [5.41, 5.74) is 4.13. The van der Waals surface area contributed by atoms with Crippen molar-refractivity contribution >= 4 is 28.5 Å². The summed E-state index contributed by atoms with van der Waals surface area (Å²) >= 11 is 0. The van der Waals surface area contributed by atoms with E-state index in [1.807, 2.05) is 18.2 Å². The maximum absolute atomic E-state index is 9.49. The Morgan fingerprint density at radius 3 is 2.63 bits per heavy atom. The van der Waals surface area contributed by atoms with Gasteiger partial charge in [0.25, 0.3) is 0 Å². The molecule has 1 aliphatic heterocycles. The van der Waals surface area contributed by atoms with E-state index < -0.39 is 0 Å². The van der Waals surface area contributed by atoms with Gasteiger partial charge < -0.3 is 20.3 Å². The predicted octanol–water partition coefficient (Wildman–Crippen LogP) is 2.63. The van der Waals surface area contributed by atoms with Crippen molar-refractivity contribution in [3.8, 4) is 12.1 Å². The maximum atomic E-state index is 9.49. The highest BCUT2D eigenvalue weighted by molar-refractivity contribution is 5.74. The Morgan fingerprint density at radius 2 is 1.90 bits per heavy atom. The number of nitrogens with one attached hydrogen (secondary N) is 2. The Bertz CT molecular complexity index is 1180. The van der Waals surface area contributed by atoms with E-state index in [-0.39, 0.29) is 0 Å². The van der Waals surface area contributed by atoms with Gasteiger partial charge in [-0.3, -0.25) is 0 Å². The molecule has 0 radical (unpaired) electrons. The second kappa shape index (κ2) is 7.54. The van der Waals surface area contributed by atoms with Crippen LogP contribution in [-0.2, 0) is 4.74 Å². The van der Waals surface area contributed by atoms with E-state index in [1.54, 1.807) is 10.6 Å². The third-order valence-corrected chi connectivity index (χ3v) is 5.21. The van der Waals surface area contributed by atoms with Crippen molar-refractivity contribution in [3.05, 3.63) is 41.7 Å². The van der Waals surface area contributed by atoms with Crippen molar-refractivity contribution in [1.29, 1.82) is 10.5 Å². The molecule has 0 bridgehead atoms. The van der Waals surface area contributed by atoms with Gasteiger partial charge in [0.05, 0.1) is 36.7 Å². The molecule has 30 heavy (non-hydrogen) atoms. The SMILES string of the molecule is N#Cc1cc(Nc2cc(NC3CC3)c3ncc(C#N)n3n2)cc(N2CCOCC2)c1. The summed E-state index contributed by atoms with van der Waals surface area (Å²) in [7, 11) is 0. The lowest BCUT2D eigenvalue weighted by Gasteiger charge is -2.29. The summed E-state index contributed by atoms with van der Waals surface area (Å²) in [5, 5.41) is 30.2. The Hall–Kier alpha value is -3.82. The molecule has 3 aromatic rings. The number of nitrogens with zero attached hydrogens (tertiary/aromatic N) is 6. The molecular weight excluding hydrogens is 380 g/mol. The molecule has 5 rings (SSSR count). The molecule has 2 N–H and O–H groups in total. The number of fused-ring (bicyclic) bond motifs is 1. The fraction of sp³-hybridized carbons (Fsp3) is 0.333. The fourth-order valence-corrected chi connectivity index (χ4v) is 3.56. The van der Waals surface area contributed by atoms with Crippen LogP contribution >= 0.6 is 0 Å². The Kier molecular flexibility index (Phi) is 4.58. The Labute approximate surface area is 173 Å². The molecule has 0 amide bonds. The van der Waals surface area contributed by atoms with E-state index in [0.29, 0.717) is 42.0 Å². The zero-order chi connectivity index (χ0) is 20.5. The normalized spacial score (nSPS) is 16.1. The molecule has 9 nitrogen and oxygen atoms in total. The first kappa shape index (κ1) is 18.2. The van der Waals surface area contributed by atoms with Crippen LogP contribution in [0.3, 0.4) is 0 Å². The molecule has 2 aliphatic rings. The average molecular weight is 400 g/mol.